The Morgan fingerprint density at radius 3 is 2.62 bits per heavy atom. The minimum absolute atomic E-state index is 0.0232. The maximum atomic E-state index is 6.59. The molecule has 1 aliphatic rings. The molecule has 2 N–H and O–H groups in total. The number of aromatic nitrogens is 2. The number of para-hydroxylation sites is 2. The first-order valence-corrected chi connectivity index (χ1v) is 7.51. The molecule has 3 nitrogen and oxygen atoms in total. The van der Waals surface area contributed by atoms with Crippen molar-refractivity contribution in [2.24, 2.45) is 5.73 Å². The van der Waals surface area contributed by atoms with Crippen molar-refractivity contribution in [1.82, 2.24) is 9.55 Å². The van der Waals surface area contributed by atoms with Gasteiger partial charge in [0.05, 0.1) is 29.4 Å². The highest BCUT2D eigenvalue weighted by Crippen LogP contribution is 2.43. The average Bonchev–Trinajstić information content (AvgIpc) is 2.95. The SMILES string of the molecule is CC1CC(n2cnc3ccccc32)C(N)c2ccccc21. The number of nitrogens with two attached hydrogens (primary N) is 1. The van der Waals surface area contributed by atoms with Crippen molar-refractivity contribution in [3.63, 3.8) is 0 Å². The second-order valence-corrected chi connectivity index (χ2v) is 6.00. The Kier molecular flexibility index (Phi) is 2.82. The van der Waals surface area contributed by atoms with Crippen LogP contribution in [0.25, 0.3) is 11.0 Å². The van der Waals surface area contributed by atoms with Crippen LogP contribution in [0, 0.1) is 0 Å². The highest BCUT2D eigenvalue weighted by atomic mass is 15.1. The van der Waals surface area contributed by atoms with E-state index in [4.69, 9.17) is 5.73 Å². The third kappa shape index (κ3) is 1.88. The van der Waals surface area contributed by atoms with Crippen LogP contribution in [0.5, 0.6) is 0 Å². The molecule has 2 aromatic carbocycles. The lowest BCUT2D eigenvalue weighted by Gasteiger charge is -2.36. The Labute approximate surface area is 124 Å². The van der Waals surface area contributed by atoms with E-state index >= 15 is 0 Å². The van der Waals surface area contributed by atoms with Crippen LogP contribution in [0.4, 0.5) is 0 Å². The van der Waals surface area contributed by atoms with Gasteiger partial charge in [-0.1, -0.05) is 43.3 Å². The zero-order valence-corrected chi connectivity index (χ0v) is 12.1. The van der Waals surface area contributed by atoms with Gasteiger partial charge in [-0.05, 0) is 35.6 Å². The van der Waals surface area contributed by atoms with Crippen molar-refractivity contribution >= 4 is 11.0 Å². The lowest BCUT2D eigenvalue weighted by molar-refractivity contribution is 0.350. The maximum absolute atomic E-state index is 6.59. The summed E-state index contributed by atoms with van der Waals surface area (Å²) in [5.41, 5.74) is 11.5. The van der Waals surface area contributed by atoms with Crippen molar-refractivity contribution < 1.29 is 0 Å². The van der Waals surface area contributed by atoms with E-state index in [1.807, 2.05) is 12.4 Å². The van der Waals surface area contributed by atoms with Crippen LogP contribution in [-0.4, -0.2) is 9.55 Å². The van der Waals surface area contributed by atoms with Gasteiger partial charge in [-0.15, -0.1) is 0 Å². The van der Waals surface area contributed by atoms with Gasteiger partial charge in [-0.25, -0.2) is 4.98 Å². The van der Waals surface area contributed by atoms with Gasteiger partial charge >= 0.3 is 0 Å². The van der Waals surface area contributed by atoms with Gasteiger partial charge in [0.2, 0.25) is 0 Å². The quantitative estimate of drug-likeness (QED) is 0.735. The van der Waals surface area contributed by atoms with Crippen molar-refractivity contribution in [2.75, 3.05) is 0 Å². The van der Waals surface area contributed by atoms with E-state index in [9.17, 15) is 0 Å². The van der Waals surface area contributed by atoms with Gasteiger partial charge in [-0.2, -0.15) is 0 Å². The molecule has 0 fully saturated rings. The summed E-state index contributed by atoms with van der Waals surface area (Å²) < 4.78 is 2.26. The molecule has 0 saturated heterocycles. The van der Waals surface area contributed by atoms with Crippen LogP contribution in [0.2, 0.25) is 0 Å². The van der Waals surface area contributed by atoms with E-state index < -0.39 is 0 Å². The molecule has 106 valence electrons. The van der Waals surface area contributed by atoms with E-state index in [0.717, 1.165) is 11.9 Å². The Morgan fingerprint density at radius 1 is 1.05 bits per heavy atom. The molecule has 1 heterocycles. The Bertz CT molecular complexity index is 790. The molecule has 0 spiro atoms. The lowest BCUT2D eigenvalue weighted by atomic mass is 9.78. The summed E-state index contributed by atoms with van der Waals surface area (Å²) in [5.74, 6) is 0.521. The van der Waals surface area contributed by atoms with Gasteiger partial charge in [0.25, 0.3) is 0 Å². The van der Waals surface area contributed by atoms with Gasteiger partial charge in [0.15, 0.2) is 0 Å². The van der Waals surface area contributed by atoms with E-state index in [2.05, 4.69) is 58.9 Å². The molecule has 1 aliphatic carbocycles. The highest BCUT2D eigenvalue weighted by Gasteiger charge is 2.32. The third-order valence-electron chi connectivity index (χ3n) is 4.73. The van der Waals surface area contributed by atoms with Crippen LogP contribution in [0.15, 0.2) is 54.9 Å². The summed E-state index contributed by atoms with van der Waals surface area (Å²) in [6, 6.07) is 17.1. The highest BCUT2D eigenvalue weighted by molar-refractivity contribution is 5.75. The van der Waals surface area contributed by atoms with Crippen LogP contribution in [-0.2, 0) is 0 Å². The first-order valence-electron chi connectivity index (χ1n) is 7.51. The molecule has 0 amide bonds. The molecule has 21 heavy (non-hydrogen) atoms. The minimum Gasteiger partial charge on any atom is -0.326 e. The Morgan fingerprint density at radius 2 is 1.76 bits per heavy atom. The second kappa shape index (κ2) is 4.71. The monoisotopic (exact) mass is 277 g/mol. The zero-order chi connectivity index (χ0) is 14.4. The number of benzene rings is 2. The fourth-order valence-electron chi connectivity index (χ4n) is 3.64. The number of imidazole rings is 1. The molecule has 3 aromatic rings. The Hall–Kier alpha value is -2.13. The summed E-state index contributed by atoms with van der Waals surface area (Å²) in [4.78, 5) is 4.52. The van der Waals surface area contributed by atoms with Gasteiger partial charge in [0, 0.05) is 0 Å². The summed E-state index contributed by atoms with van der Waals surface area (Å²) in [6.07, 6.45) is 2.99. The summed E-state index contributed by atoms with van der Waals surface area (Å²) >= 11 is 0. The van der Waals surface area contributed by atoms with Crippen LogP contribution in [0.1, 0.15) is 42.5 Å². The average molecular weight is 277 g/mol. The van der Waals surface area contributed by atoms with E-state index in [-0.39, 0.29) is 12.1 Å². The molecule has 3 atom stereocenters. The molecular weight excluding hydrogens is 258 g/mol. The molecule has 3 heteroatoms. The summed E-state index contributed by atoms with van der Waals surface area (Å²) in [6.45, 7) is 2.29. The molecule has 0 radical (unpaired) electrons. The largest absolute Gasteiger partial charge is 0.326 e. The fraction of sp³-hybridized carbons (Fsp3) is 0.278. The molecule has 1 aromatic heterocycles. The maximum Gasteiger partial charge on any atom is 0.0961 e. The standard InChI is InChI=1S/C18H19N3/c1-12-10-17(18(19)14-7-3-2-6-13(12)14)21-11-20-15-8-4-5-9-16(15)21/h2-9,11-12,17-18H,10,19H2,1H3. The lowest BCUT2D eigenvalue weighted by Crippen LogP contribution is -2.30. The molecule has 0 bridgehead atoms. The number of hydrogen-bond donors (Lipinski definition) is 1. The normalized spacial score (nSPS) is 25.0. The van der Waals surface area contributed by atoms with Gasteiger partial charge < -0.3 is 10.3 Å². The van der Waals surface area contributed by atoms with Crippen LogP contribution in [0.3, 0.4) is 0 Å². The second-order valence-electron chi connectivity index (χ2n) is 6.00. The summed E-state index contributed by atoms with van der Waals surface area (Å²) in [5, 5.41) is 0. The van der Waals surface area contributed by atoms with Crippen LogP contribution >= 0.6 is 0 Å². The van der Waals surface area contributed by atoms with Crippen molar-refractivity contribution in [2.45, 2.75) is 31.3 Å². The molecule has 0 saturated carbocycles. The van der Waals surface area contributed by atoms with Crippen molar-refractivity contribution in [1.29, 1.82) is 0 Å². The number of nitrogens with zero attached hydrogens (tertiary/aromatic N) is 2. The van der Waals surface area contributed by atoms with Crippen molar-refractivity contribution in [3.8, 4) is 0 Å². The minimum atomic E-state index is 0.0232. The van der Waals surface area contributed by atoms with Gasteiger partial charge in [0.1, 0.15) is 0 Å². The first kappa shape index (κ1) is 12.6. The predicted molar refractivity (Wildman–Crippen MR) is 85.2 cm³/mol. The zero-order valence-electron chi connectivity index (χ0n) is 12.1. The molecule has 3 unspecified atom stereocenters. The molecule has 4 rings (SSSR count). The smallest absolute Gasteiger partial charge is 0.0961 e. The van der Waals surface area contributed by atoms with E-state index in [0.29, 0.717) is 5.92 Å². The number of rotatable bonds is 1. The number of hydrogen-bond acceptors (Lipinski definition) is 2. The number of fused-ring (bicyclic) bond motifs is 2. The summed E-state index contributed by atoms with van der Waals surface area (Å²) in [7, 11) is 0. The molecular formula is C18H19N3. The predicted octanol–water partition coefficient (Wildman–Crippen LogP) is 3.78. The topological polar surface area (TPSA) is 43.8 Å². The first-order chi connectivity index (χ1) is 10.3. The fourth-order valence-corrected chi connectivity index (χ4v) is 3.64. The van der Waals surface area contributed by atoms with Gasteiger partial charge in [-0.3, -0.25) is 0 Å². The van der Waals surface area contributed by atoms with E-state index in [1.54, 1.807) is 0 Å². The molecule has 0 aliphatic heterocycles. The van der Waals surface area contributed by atoms with Crippen molar-refractivity contribution in [3.05, 3.63) is 66.0 Å². The van der Waals surface area contributed by atoms with Crippen LogP contribution < -0.4 is 5.73 Å². The Balaban J connectivity index is 1.84. The van der Waals surface area contributed by atoms with E-state index in [1.165, 1.54) is 16.6 Å². The third-order valence-corrected chi connectivity index (χ3v) is 4.73.